The predicted molar refractivity (Wildman–Crippen MR) is 155 cm³/mol. The second-order valence-corrected chi connectivity index (χ2v) is 11.2. The van der Waals surface area contributed by atoms with Crippen molar-refractivity contribution in [2.45, 2.75) is 64.9 Å². The van der Waals surface area contributed by atoms with Gasteiger partial charge >= 0.3 is 5.97 Å². The van der Waals surface area contributed by atoms with Crippen molar-refractivity contribution in [1.29, 1.82) is 0 Å². The number of rotatable bonds is 9. The minimum absolute atomic E-state index is 0.175. The Morgan fingerprint density at radius 1 is 1.16 bits per heavy atom. The number of halogens is 2. The van der Waals surface area contributed by atoms with Gasteiger partial charge in [0, 0.05) is 10.4 Å². The average molecular weight is 649 g/mol. The summed E-state index contributed by atoms with van der Waals surface area (Å²) in [7, 11) is 0. The van der Waals surface area contributed by atoms with E-state index in [4.69, 9.17) is 19.2 Å². The quantitative estimate of drug-likeness (QED) is 0.192. The van der Waals surface area contributed by atoms with Gasteiger partial charge in [-0.2, -0.15) is 9.78 Å². The number of ether oxygens (including phenoxy) is 3. The zero-order chi connectivity index (χ0) is 27.2. The first-order valence-electron chi connectivity index (χ1n) is 12.8. The molecule has 1 saturated carbocycles. The van der Waals surface area contributed by atoms with Crippen molar-refractivity contribution in [1.82, 2.24) is 9.66 Å². The van der Waals surface area contributed by atoms with Crippen molar-refractivity contribution < 1.29 is 19.0 Å². The Morgan fingerprint density at radius 2 is 1.92 bits per heavy atom. The molecule has 1 aliphatic carbocycles. The van der Waals surface area contributed by atoms with Crippen molar-refractivity contribution in [3.63, 3.8) is 0 Å². The fraction of sp³-hybridized carbons (Fsp3) is 0.429. The number of aromatic nitrogens is 2. The summed E-state index contributed by atoms with van der Waals surface area (Å²) in [6, 6.07) is 9.10. The molecule has 0 aliphatic heterocycles. The van der Waals surface area contributed by atoms with E-state index in [0.29, 0.717) is 44.9 Å². The smallest absolute Gasteiger partial charge is 0.344 e. The molecule has 0 amide bonds. The van der Waals surface area contributed by atoms with Crippen molar-refractivity contribution in [2.75, 3.05) is 13.2 Å². The summed E-state index contributed by atoms with van der Waals surface area (Å²) < 4.78 is 19.5. The van der Waals surface area contributed by atoms with E-state index in [9.17, 15) is 9.59 Å². The average Bonchev–Trinajstić information content (AvgIpc) is 2.88. The van der Waals surface area contributed by atoms with Crippen LogP contribution in [0.3, 0.4) is 0 Å². The number of fused-ring (bicyclic) bond motifs is 1. The monoisotopic (exact) mass is 647 g/mol. The topological polar surface area (TPSA) is 92.0 Å². The van der Waals surface area contributed by atoms with Gasteiger partial charge in [0.2, 0.25) is 0 Å². The molecule has 0 unspecified atom stereocenters. The van der Waals surface area contributed by atoms with Gasteiger partial charge in [0.05, 0.1) is 34.3 Å². The molecule has 0 N–H and O–H groups in total. The van der Waals surface area contributed by atoms with E-state index in [0.717, 1.165) is 30.2 Å². The predicted octanol–water partition coefficient (Wildman–Crippen LogP) is 6.58. The largest absolute Gasteiger partial charge is 0.490 e. The number of hydrogen-bond acceptors (Lipinski definition) is 7. The molecule has 0 saturated heterocycles. The Bertz CT molecular complexity index is 1400. The maximum atomic E-state index is 13.6. The first-order chi connectivity index (χ1) is 18.3. The molecule has 1 aliphatic rings. The summed E-state index contributed by atoms with van der Waals surface area (Å²) in [6.07, 6.45) is 6.77. The molecule has 0 spiro atoms. The van der Waals surface area contributed by atoms with E-state index in [1.807, 2.05) is 19.1 Å². The number of carbonyl (C=O) groups excluding carboxylic acids is 1. The molecule has 0 bridgehead atoms. The highest BCUT2D eigenvalue weighted by molar-refractivity contribution is 9.10. The van der Waals surface area contributed by atoms with E-state index < -0.39 is 5.97 Å². The molecular formula is C28H31Br2N3O5. The minimum Gasteiger partial charge on any atom is -0.490 e. The highest BCUT2D eigenvalue weighted by atomic mass is 79.9. The molecule has 1 aromatic heterocycles. The molecule has 8 nitrogen and oxygen atoms in total. The second kappa shape index (κ2) is 12.9. The SMILES string of the molecule is CCOc1cc(C=Nn2c(C3CCCCC3)nc3ccc(Br)cc3c2=O)cc(Br)c1OCC(=O)OC(C)C. The summed E-state index contributed by atoms with van der Waals surface area (Å²) in [5.74, 6) is 1.23. The fourth-order valence-corrected chi connectivity index (χ4v) is 5.46. The Balaban J connectivity index is 1.71. The van der Waals surface area contributed by atoms with Crippen LogP contribution in [-0.4, -0.2) is 41.2 Å². The van der Waals surface area contributed by atoms with Crippen LogP contribution in [0.5, 0.6) is 11.5 Å². The summed E-state index contributed by atoms with van der Waals surface area (Å²) in [6.45, 7) is 5.57. The van der Waals surface area contributed by atoms with Crippen LogP contribution in [0, 0.1) is 0 Å². The van der Waals surface area contributed by atoms with Crippen molar-refractivity contribution in [3.05, 3.63) is 61.0 Å². The lowest BCUT2D eigenvalue weighted by Gasteiger charge is -2.22. The Labute approximate surface area is 238 Å². The van der Waals surface area contributed by atoms with Crippen molar-refractivity contribution >= 4 is 54.9 Å². The molecule has 38 heavy (non-hydrogen) atoms. The van der Waals surface area contributed by atoms with Gasteiger partial charge in [-0.15, -0.1) is 0 Å². The molecule has 10 heteroatoms. The van der Waals surface area contributed by atoms with Crippen LogP contribution in [0.15, 0.2) is 49.2 Å². The Kier molecular flexibility index (Phi) is 9.59. The number of carbonyl (C=O) groups is 1. The Morgan fingerprint density at radius 3 is 2.63 bits per heavy atom. The molecule has 202 valence electrons. The van der Waals surface area contributed by atoms with Gasteiger partial charge in [0.1, 0.15) is 5.82 Å². The van der Waals surface area contributed by atoms with E-state index >= 15 is 0 Å². The number of nitrogens with zero attached hydrogens (tertiary/aromatic N) is 3. The number of hydrogen-bond donors (Lipinski definition) is 0. The minimum atomic E-state index is -0.468. The molecule has 1 fully saturated rings. The summed E-state index contributed by atoms with van der Waals surface area (Å²) in [5.41, 5.74) is 1.15. The van der Waals surface area contributed by atoms with E-state index in [1.165, 1.54) is 11.1 Å². The van der Waals surface area contributed by atoms with Crippen LogP contribution in [0.4, 0.5) is 0 Å². The van der Waals surface area contributed by atoms with Gasteiger partial charge < -0.3 is 14.2 Å². The standard InChI is InChI=1S/C28H31Br2N3O5/c1-4-36-24-13-18(12-22(30)26(24)37-16-25(34)38-17(2)3)15-31-33-27(19-8-6-5-7-9-19)32-23-11-10-20(29)14-21(23)28(33)35/h10-15,17,19H,4-9,16H2,1-3H3. The molecule has 0 atom stereocenters. The van der Waals surface area contributed by atoms with Crippen LogP contribution in [0.1, 0.15) is 70.2 Å². The Hall–Kier alpha value is -2.72. The highest BCUT2D eigenvalue weighted by Gasteiger charge is 2.23. The fourth-order valence-electron chi connectivity index (χ4n) is 4.52. The third kappa shape index (κ3) is 6.83. The number of benzene rings is 2. The van der Waals surface area contributed by atoms with Gasteiger partial charge in [0.15, 0.2) is 18.1 Å². The first kappa shape index (κ1) is 28.3. The molecule has 0 radical (unpaired) electrons. The maximum Gasteiger partial charge on any atom is 0.344 e. The molecule has 3 aromatic rings. The summed E-state index contributed by atoms with van der Waals surface area (Å²) in [4.78, 5) is 30.4. The molecule has 4 rings (SSSR count). The second-order valence-electron chi connectivity index (χ2n) is 9.42. The lowest BCUT2D eigenvalue weighted by atomic mass is 9.88. The molecular weight excluding hydrogens is 618 g/mol. The summed E-state index contributed by atoms with van der Waals surface area (Å²) >= 11 is 6.98. The van der Waals surface area contributed by atoms with Gasteiger partial charge in [-0.3, -0.25) is 4.79 Å². The zero-order valence-corrected chi connectivity index (χ0v) is 24.9. The van der Waals surface area contributed by atoms with Crippen LogP contribution in [-0.2, 0) is 9.53 Å². The van der Waals surface area contributed by atoms with Gasteiger partial charge in [-0.05, 0) is 85.4 Å². The van der Waals surface area contributed by atoms with E-state index in [2.05, 4.69) is 37.0 Å². The lowest BCUT2D eigenvalue weighted by molar-refractivity contribution is -0.149. The van der Waals surface area contributed by atoms with Gasteiger partial charge in [0.25, 0.3) is 5.56 Å². The highest BCUT2D eigenvalue weighted by Crippen LogP contribution is 2.37. The van der Waals surface area contributed by atoms with E-state index in [1.54, 1.807) is 38.3 Å². The van der Waals surface area contributed by atoms with Crippen LogP contribution in [0.2, 0.25) is 0 Å². The van der Waals surface area contributed by atoms with Crippen LogP contribution >= 0.6 is 31.9 Å². The maximum absolute atomic E-state index is 13.6. The summed E-state index contributed by atoms with van der Waals surface area (Å²) in [5, 5.41) is 5.12. The third-order valence-corrected chi connectivity index (χ3v) is 7.24. The van der Waals surface area contributed by atoms with E-state index in [-0.39, 0.29) is 24.2 Å². The third-order valence-electron chi connectivity index (χ3n) is 6.16. The molecule has 2 aromatic carbocycles. The van der Waals surface area contributed by atoms with Crippen molar-refractivity contribution in [2.24, 2.45) is 5.10 Å². The van der Waals surface area contributed by atoms with Gasteiger partial charge in [-0.25, -0.2) is 9.78 Å². The van der Waals surface area contributed by atoms with Crippen LogP contribution in [0.25, 0.3) is 10.9 Å². The molecule has 1 heterocycles. The normalized spacial score (nSPS) is 14.4. The zero-order valence-electron chi connectivity index (χ0n) is 21.7. The van der Waals surface area contributed by atoms with Crippen LogP contribution < -0.4 is 15.0 Å². The first-order valence-corrected chi connectivity index (χ1v) is 14.4. The van der Waals surface area contributed by atoms with Crippen molar-refractivity contribution in [3.8, 4) is 11.5 Å². The number of esters is 1. The lowest BCUT2D eigenvalue weighted by Crippen LogP contribution is -2.25. The van der Waals surface area contributed by atoms with Gasteiger partial charge in [-0.1, -0.05) is 35.2 Å².